The zero-order valence-corrected chi connectivity index (χ0v) is 24.4. The Morgan fingerprint density at radius 3 is 1.19 bits per heavy atom. The fourth-order valence-electron chi connectivity index (χ4n) is 3.69. The molecule has 8 heteroatoms. The molecule has 42 heavy (non-hydrogen) atoms. The van der Waals surface area contributed by atoms with Gasteiger partial charge in [0.2, 0.25) is 0 Å². The summed E-state index contributed by atoms with van der Waals surface area (Å²) in [5.74, 6) is -1.31. The van der Waals surface area contributed by atoms with Crippen LogP contribution in [0.3, 0.4) is 0 Å². The minimum atomic E-state index is -0.499. The van der Waals surface area contributed by atoms with E-state index in [4.69, 9.17) is 0 Å². The predicted molar refractivity (Wildman–Crippen MR) is 166 cm³/mol. The summed E-state index contributed by atoms with van der Waals surface area (Å²) in [6.07, 6.45) is 3.22. The van der Waals surface area contributed by atoms with Crippen LogP contribution in [0.1, 0.15) is 59.5 Å². The number of carbonyl (C=O) groups is 4. The standard InChI is InChI=1S/C34H38N4O4/c1-23(2)21-35-33(41)29(19-25-11-7-5-8-12-25)37-31(39)27-15-17-28(18-16-27)32(40)38-30(34(42)36-22-24(3)4)20-26-13-9-6-10-14-26/h5-20,23-24H,21-22H2,1-4H3,(H,35,41)(H,36,42)(H,37,39)(H,38,40)/b29-19+,30-20+. The second-order valence-electron chi connectivity index (χ2n) is 10.6. The summed E-state index contributed by atoms with van der Waals surface area (Å²) in [5, 5.41) is 11.1. The summed E-state index contributed by atoms with van der Waals surface area (Å²) in [6, 6.07) is 24.4. The molecular weight excluding hydrogens is 528 g/mol. The van der Waals surface area contributed by atoms with Gasteiger partial charge in [-0.05, 0) is 59.4 Å². The molecule has 0 aliphatic carbocycles. The maximum absolute atomic E-state index is 13.1. The highest BCUT2D eigenvalue weighted by molar-refractivity contribution is 6.07. The Kier molecular flexibility index (Phi) is 11.8. The number of carbonyl (C=O) groups excluding carboxylic acids is 4. The molecule has 0 aliphatic heterocycles. The molecule has 0 heterocycles. The van der Waals surface area contributed by atoms with E-state index in [2.05, 4.69) is 21.3 Å². The fraction of sp³-hybridized carbons (Fsp3) is 0.235. The van der Waals surface area contributed by atoms with Gasteiger partial charge in [0, 0.05) is 24.2 Å². The molecule has 0 unspecified atom stereocenters. The smallest absolute Gasteiger partial charge is 0.267 e. The molecule has 0 spiro atoms. The normalized spacial score (nSPS) is 11.7. The van der Waals surface area contributed by atoms with Crippen LogP contribution in [0.15, 0.2) is 96.3 Å². The highest BCUT2D eigenvalue weighted by Gasteiger charge is 2.18. The highest BCUT2D eigenvalue weighted by Crippen LogP contribution is 2.11. The molecule has 3 rings (SSSR count). The molecule has 0 atom stereocenters. The molecule has 0 fully saturated rings. The van der Waals surface area contributed by atoms with Crippen molar-refractivity contribution in [3.05, 3.63) is 119 Å². The van der Waals surface area contributed by atoms with Crippen LogP contribution >= 0.6 is 0 Å². The van der Waals surface area contributed by atoms with E-state index in [1.165, 1.54) is 24.3 Å². The Bertz CT molecular complexity index is 1320. The van der Waals surface area contributed by atoms with Crippen molar-refractivity contribution in [3.8, 4) is 0 Å². The van der Waals surface area contributed by atoms with Crippen molar-refractivity contribution in [2.45, 2.75) is 27.7 Å². The van der Waals surface area contributed by atoms with E-state index in [0.29, 0.717) is 13.1 Å². The van der Waals surface area contributed by atoms with Crippen molar-refractivity contribution < 1.29 is 19.2 Å². The lowest BCUT2D eigenvalue weighted by molar-refractivity contribution is -0.118. The minimum Gasteiger partial charge on any atom is -0.351 e. The van der Waals surface area contributed by atoms with Crippen molar-refractivity contribution >= 4 is 35.8 Å². The Labute approximate surface area is 247 Å². The van der Waals surface area contributed by atoms with E-state index in [0.717, 1.165) is 11.1 Å². The second-order valence-corrected chi connectivity index (χ2v) is 10.6. The highest BCUT2D eigenvalue weighted by atomic mass is 16.2. The van der Waals surface area contributed by atoms with Gasteiger partial charge in [-0.2, -0.15) is 0 Å². The summed E-state index contributed by atoms with van der Waals surface area (Å²) >= 11 is 0. The van der Waals surface area contributed by atoms with Crippen LogP contribution < -0.4 is 21.3 Å². The summed E-state index contributed by atoms with van der Waals surface area (Å²) in [7, 11) is 0. The topological polar surface area (TPSA) is 116 Å². The molecule has 3 aromatic rings. The van der Waals surface area contributed by atoms with Gasteiger partial charge in [-0.3, -0.25) is 19.2 Å². The van der Waals surface area contributed by atoms with E-state index >= 15 is 0 Å². The molecule has 0 aromatic heterocycles. The third-order valence-corrected chi connectivity index (χ3v) is 5.96. The van der Waals surface area contributed by atoms with Gasteiger partial charge >= 0.3 is 0 Å². The summed E-state index contributed by atoms with van der Waals surface area (Å²) in [4.78, 5) is 51.8. The number of hydrogen-bond acceptors (Lipinski definition) is 4. The second kappa shape index (κ2) is 15.7. The number of benzene rings is 3. The first-order valence-corrected chi connectivity index (χ1v) is 13.9. The van der Waals surface area contributed by atoms with Crippen molar-refractivity contribution in [1.29, 1.82) is 0 Å². The minimum absolute atomic E-state index is 0.108. The van der Waals surface area contributed by atoms with E-state index in [1.807, 2.05) is 88.4 Å². The van der Waals surface area contributed by atoms with Crippen LogP contribution in [0.25, 0.3) is 12.2 Å². The number of rotatable bonds is 12. The Morgan fingerprint density at radius 1 is 0.548 bits per heavy atom. The lowest BCUT2D eigenvalue weighted by Gasteiger charge is -2.13. The summed E-state index contributed by atoms with van der Waals surface area (Å²) < 4.78 is 0. The van der Waals surface area contributed by atoms with Gasteiger partial charge in [-0.25, -0.2) is 0 Å². The van der Waals surface area contributed by atoms with E-state index in [9.17, 15) is 19.2 Å². The van der Waals surface area contributed by atoms with E-state index in [1.54, 1.807) is 12.2 Å². The molecule has 0 radical (unpaired) electrons. The molecule has 8 nitrogen and oxygen atoms in total. The van der Waals surface area contributed by atoms with E-state index < -0.39 is 23.6 Å². The maximum atomic E-state index is 13.1. The third kappa shape index (κ3) is 10.2. The van der Waals surface area contributed by atoms with Crippen molar-refractivity contribution in [3.63, 3.8) is 0 Å². The van der Waals surface area contributed by atoms with Crippen molar-refractivity contribution in [2.75, 3.05) is 13.1 Å². The fourth-order valence-corrected chi connectivity index (χ4v) is 3.69. The molecule has 218 valence electrons. The summed E-state index contributed by atoms with van der Waals surface area (Å²) in [6.45, 7) is 8.85. The molecule has 4 N–H and O–H groups in total. The predicted octanol–water partition coefficient (Wildman–Crippen LogP) is 4.77. The first kappa shape index (κ1) is 31.5. The van der Waals surface area contributed by atoms with E-state index in [-0.39, 0.29) is 34.4 Å². The largest absolute Gasteiger partial charge is 0.351 e. The van der Waals surface area contributed by atoms with Gasteiger partial charge < -0.3 is 21.3 Å². The van der Waals surface area contributed by atoms with Gasteiger partial charge in [0.1, 0.15) is 11.4 Å². The van der Waals surface area contributed by atoms with Gasteiger partial charge in [0.25, 0.3) is 23.6 Å². The van der Waals surface area contributed by atoms with Gasteiger partial charge in [0.15, 0.2) is 0 Å². The van der Waals surface area contributed by atoms with Crippen LogP contribution in [-0.2, 0) is 9.59 Å². The van der Waals surface area contributed by atoms with Crippen molar-refractivity contribution in [2.24, 2.45) is 11.8 Å². The van der Waals surface area contributed by atoms with Crippen LogP contribution in [0.4, 0.5) is 0 Å². The summed E-state index contributed by atoms with van der Waals surface area (Å²) in [5.41, 5.74) is 2.26. The molecule has 0 bridgehead atoms. The first-order valence-electron chi connectivity index (χ1n) is 13.9. The number of nitrogens with one attached hydrogen (secondary N) is 4. The molecule has 0 saturated carbocycles. The zero-order valence-electron chi connectivity index (χ0n) is 24.4. The zero-order chi connectivity index (χ0) is 30.5. The molecule has 4 amide bonds. The molecule has 0 saturated heterocycles. The Balaban J connectivity index is 1.76. The molecular formula is C34H38N4O4. The van der Waals surface area contributed by atoms with Crippen LogP contribution in [0.5, 0.6) is 0 Å². The van der Waals surface area contributed by atoms with Crippen LogP contribution in [0.2, 0.25) is 0 Å². The number of amides is 4. The lowest BCUT2D eigenvalue weighted by atomic mass is 10.1. The maximum Gasteiger partial charge on any atom is 0.267 e. The quantitative estimate of drug-likeness (QED) is 0.236. The number of hydrogen-bond donors (Lipinski definition) is 4. The van der Waals surface area contributed by atoms with Crippen LogP contribution in [-0.4, -0.2) is 36.7 Å². The Hall–Kier alpha value is -4.98. The third-order valence-electron chi connectivity index (χ3n) is 5.96. The van der Waals surface area contributed by atoms with Crippen LogP contribution in [0, 0.1) is 11.8 Å². The van der Waals surface area contributed by atoms with Gasteiger partial charge in [0.05, 0.1) is 0 Å². The van der Waals surface area contributed by atoms with Crippen molar-refractivity contribution in [1.82, 2.24) is 21.3 Å². The van der Waals surface area contributed by atoms with Gasteiger partial charge in [-0.1, -0.05) is 88.4 Å². The average molecular weight is 567 g/mol. The monoisotopic (exact) mass is 566 g/mol. The Morgan fingerprint density at radius 2 is 0.881 bits per heavy atom. The lowest BCUT2D eigenvalue weighted by Crippen LogP contribution is -2.36. The van der Waals surface area contributed by atoms with Gasteiger partial charge in [-0.15, -0.1) is 0 Å². The molecule has 3 aromatic carbocycles. The average Bonchev–Trinajstić information content (AvgIpc) is 2.99. The SMILES string of the molecule is CC(C)CNC(=O)/C(=C\c1ccccc1)NC(=O)c1ccc(C(=O)N/C(=C/c2ccccc2)C(=O)NCC(C)C)cc1. The first-order chi connectivity index (χ1) is 20.1. The molecule has 0 aliphatic rings.